The molecule has 2 rings (SSSR count). The number of hydrogen-bond donors (Lipinski definition) is 0. The van der Waals surface area contributed by atoms with Crippen LogP contribution in [0.2, 0.25) is 0 Å². The minimum Gasteiger partial charge on any atom is -0.295 e. The number of piperidine rings is 1. The molecular formula is C10H19N. The smallest absolute Gasteiger partial charge is 0.0467 e. The SMILES string of the molecule is [2H]C1([2H])N(C(C)(C)C)C2([2H])C([2H])([2H])C([2H])([2H])C1([2H])C2([2H])[2H]. The molecule has 0 aromatic heterocycles. The van der Waals surface area contributed by atoms with E-state index in [-0.39, 0.29) is 0 Å². The number of fused-ring (bicyclic) bond motifs is 2. The van der Waals surface area contributed by atoms with E-state index in [0.29, 0.717) is 4.90 Å². The molecule has 0 N–H and O–H groups in total. The molecule has 2 atom stereocenters. The average molecular weight is 163 g/mol. The van der Waals surface area contributed by atoms with Gasteiger partial charge in [-0.1, -0.05) is 0 Å². The highest BCUT2D eigenvalue weighted by atomic mass is 15.2. The summed E-state index contributed by atoms with van der Waals surface area (Å²) in [5, 5.41) is 0. The third-order valence-corrected chi connectivity index (χ3v) is 1.67. The van der Waals surface area contributed by atoms with Crippen LogP contribution < -0.4 is 0 Å². The Morgan fingerprint density at radius 3 is 2.73 bits per heavy atom. The van der Waals surface area contributed by atoms with E-state index in [0.717, 1.165) is 0 Å². The predicted octanol–water partition coefficient (Wildman–Crippen LogP) is 2.27. The van der Waals surface area contributed by atoms with Crippen LogP contribution in [0.3, 0.4) is 0 Å². The minimum atomic E-state index is -3.16. The fraction of sp³-hybridized carbons (Fsp3) is 1.00. The zero-order chi connectivity index (χ0) is 17.1. The van der Waals surface area contributed by atoms with Gasteiger partial charge in [0.05, 0.1) is 0 Å². The second-order valence-electron chi connectivity index (χ2n) is 3.72. The third-order valence-electron chi connectivity index (χ3n) is 1.67. The maximum absolute atomic E-state index is 8.40. The summed E-state index contributed by atoms with van der Waals surface area (Å²) in [6.07, 6.45) is -9.25. The molecule has 1 heterocycles. The van der Waals surface area contributed by atoms with Gasteiger partial charge in [-0.05, 0) is 45.8 Å². The number of nitrogens with zero attached hydrogens (tertiary/aromatic N) is 1. The second-order valence-corrected chi connectivity index (χ2v) is 3.72. The third kappa shape index (κ3) is 1.20. The largest absolute Gasteiger partial charge is 0.295 e. The van der Waals surface area contributed by atoms with Gasteiger partial charge < -0.3 is 0 Å². The van der Waals surface area contributed by atoms with E-state index in [1.807, 2.05) is 0 Å². The number of rotatable bonds is 0. The van der Waals surface area contributed by atoms with Crippen LogP contribution in [-0.2, 0) is 0 Å². The summed E-state index contributed by atoms with van der Waals surface area (Å²) in [7, 11) is 0. The molecule has 0 radical (unpaired) electrons. The molecule has 1 saturated heterocycles. The Labute approximate surface area is 83.8 Å². The molecular weight excluding hydrogens is 134 g/mol. The lowest BCUT2D eigenvalue weighted by molar-refractivity contribution is 0.0974. The van der Waals surface area contributed by atoms with Gasteiger partial charge in [0, 0.05) is 31.8 Å². The summed E-state index contributed by atoms with van der Waals surface area (Å²) in [5.41, 5.74) is -1.16. The van der Waals surface area contributed by atoms with Crippen molar-refractivity contribution in [3.8, 4) is 0 Å². The molecule has 2 aliphatic rings. The Bertz CT molecular complexity index is 495. The van der Waals surface area contributed by atoms with Crippen LogP contribution in [-0.4, -0.2) is 23.0 Å². The molecule has 11 heavy (non-hydrogen) atoms. The summed E-state index contributed by atoms with van der Waals surface area (Å²) in [5.74, 6) is -3.06. The van der Waals surface area contributed by atoms with Gasteiger partial charge in [0.2, 0.25) is 0 Å². The number of hydrogen-bond acceptors (Lipinski definition) is 1. The van der Waals surface area contributed by atoms with Crippen molar-refractivity contribution >= 4 is 0 Å². The fourth-order valence-electron chi connectivity index (χ4n) is 1.14. The highest BCUT2D eigenvalue weighted by Crippen LogP contribution is 2.40. The Balaban J connectivity index is 2.95. The summed E-state index contributed by atoms with van der Waals surface area (Å²) in [4.78, 5) is 0.682. The molecule has 1 aliphatic heterocycles. The molecule has 1 heteroatoms. The Kier molecular flexibility index (Phi) is 0.456. The van der Waals surface area contributed by atoms with E-state index in [2.05, 4.69) is 0 Å². The van der Waals surface area contributed by atoms with Gasteiger partial charge >= 0.3 is 0 Å². The lowest BCUT2D eigenvalue weighted by atomic mass is 10.0. The first kappa shape index (κ1) is 2.25. The summed E-state index contributed by atoms with van der Waals surface area (Å²) >= 11 is 0. The van der Waals surface area contributed by atoms with Crippen LogP contribution in [0, 0.1) is 5.89 Å². The van der Waals surface area contributed by atoms with Gasteiger partial charge in [0.1, 0.15) is 0 Å². The van der Waals surface area contributed by atoms with Crippen LogP contribution in [0.15, 0.2) is 0 Å². The van der Waals surface area contributed by atoms with Gasteiger partial charge in [-0.2, -0.15) is 0 Å². The monoisotopic (exact) mass is 163 g/mol. The lowest BCUT2D eigenvalue weighted by Gasteiger charge is -2.38. The maximum Gasteiger partial charge on any atom is 0.0467 e. The zero-order valence-electron chi connectivity index (χ0n) is 16.9. The standard InChI is InChI=1S/C10H19N/c1-10(2,3)11-7-8-4-5-9(11)6-8/h8-9H,4-7H2,1-3H3/i4D2,5D2,6D2,7D2,8D,9D. The first-order valence-corrected chi connectivity index (χ1v) is 3.67. The first-order chi connectivity index (χ1) is 8.87. The topological polar surface area (TPSA) is 3.24 Å². The van der Waals surface area contributed by atoms with E-state index < -0.39 is 43.1 Å². The van der Waals surface area contributed by atoms with E-state index in [4.69, 9.17) is 13.7 Å². The van der Waals surface area contributed by atoms with Gasteiger partial charge in [0.15, 0.2) is 0 Å². The van der Waals surface area contributed by atoms with E-state index in [1.165, 1.54) is 20.8 Å². The van der Waals surface area contributed by atoms with Gasteiger partial charge in [-0.15, -0.1) is 0 Å². The van der Waals surface area contributed by atoms with Gasteiger partial charge in [-0.3, -0.25) is 4.90 Å². The van der Waals surface area contributed by atoms with Crippen molar-refractivity contribution in [1.29, 1.82) is 0 Å². The molecule has 64 valence electrons. The predicted molar refractivity (Wildman–Crippen MR) is 47.6 cm³/mol. The Hall–Kier alpha value is -0.0400. The van der Waals surface area contributed by atoms with Crippen molar-refractivity contribution in [2.45, 2.75) is 51.4 Å². The molecule has 0 spiro atoms. The Morgan fingerprint density at radius 1 is 1.45 bits per heavy atom. The highest BCUT2D eigenvalue weighted by Gasteiger charge is 2.42. The highest BCUT2D eigenvalue weighted by molar-refractivity contribution is 4.96. The van der Waals surface area contributed by atoms with Crippen LogP contribution in [0.4, 0.5) is 0 Å². The van der Waals surface area contributed by atoms with Crippen LogP contribution in [0.25, 0.3) is 0 Å². The lowest BCUT2D eigenvalue weighted by Crippen LogP contribution is -2.45. The van der Waals surface area contributed by atoms with Crippen molar-refractivity contribution in [2.75, 3.05) is 6.50 Å². The van der Waals surface area contributed by atoms with E-state index >= 15 is 0 Å². The summed E-state index contributed by atoms with van der Waals surface area (Å²) in [6, 6.07) is -2.85. The fourth-order valence-corrected chi connectivity index (χ4v) is 1.14. The zero-order valence-corrected chi connectivity index (χ0v) is 6.95. The average Bonchev–Trinajstić information content (AvgIpc) is 2.34. The summed E-state index contributed by atoms with van der Waals surface area (Å²) in [6.45, 7) is 1.64. The molecule has 0 amide bonds. The molecule has 2 bridgehead atoms. The van der Waals surface area contributed by atoms with Crippen LogP contribution >= 0.6 is 0 Å². The molecule has 1 nitrogen and oxygen atoms in total. The van der Waals surface area contributed by atoms with Crippen molar-refractivity contribution in [3.05, 3.63) is 0 Å². The molecule has 2 fully saturated rings. The molecule has 1 aliphatic carbocycles. The minimum absolute atomic E-state index is 0.682. The Morgan fingerprint density at radius 2 is 2.18 bits per heavy atom. The van der Waals surface area contributed by atoms with Crippen molar-refractivity contribution in [1.82, 2.24) is 4.90 Å². The molecule has 1 saturated carbocycles. The quantitative estimate of drug-likeness (QED) is 0.529. The molecule has 2 unspecified atom stereocenters. The van der Waals surface area contributed by atoms with Crippen molar-refractivity contribution in [3.63, 3.8) is 0 Å². The first-order valence-electron chi connectivity index (χ1n) is 8.67. The van der Waals surface area contributed by atoms with Crippen molar-refractivity contribution in [2.24, 2.45) is 5.89 Å². The van der Waals surface area contributed by atoms with Crippen LogP contribution in [0.1, 0.15) is 53.6 Å². The number of likely N-dealkylation sites (tertiary alicyclic amines) is 1. The second kappa shape index (κ2) is 2.22. The normalized spacial score (nSPS) is 83.5. The van der Waals surface area contributed by atoms with Crippen LogP contribution in [0.5, 0.6) is 0 Å². The maximum atomic E-state index is 8.40. The van der Waals surface area contributed by atoms with Crippen molar-refractivity contribution < 1.29 is 13.7 Å². The van der Waals surface area contributed by atoms with Gasteiger partial charge in [-0.25, -0.2) is 0 Å². The summed E-state index contributed by atoms with van der Waals surface area (Å²) < 4.78 is 80.8. The molecule has 0 aromatic carbocycles. The van der Waals surface area contributed by atoms with E-state index in [1.54, 1.807) is 0 Å². The molecule has 0 aromatic rings. The van der Waals surface area contributed by atoms with Gasteiger partial charge in [0.25, 0.3) is 0 Å². The van der Waals surface area contributed by atoms with E-state index in [9.17, 15) is 0 Å².